The number of nitrogens with zero attached hydrogens (tertiary/aromatic N) is 3. The van der Waals surface area contributed by atoms with Crippen LogP contribution < -0.4 is 0 Å². The summed E-state index contributed by atoms with van der Waals surface area (Å²) in [5.74, 6) is 0. The van der Waals surface area contributed by atoms with Gasteiger partial charge in [-0.1, -0.05) is 71.5 Å². The second-order valence-electron chi connectivity index (χ2n) is 11.0. The first-order valence-corrected chi connectivity index (χ1v) is 14.6. The Kier molecular flexibility index (Phi) is 9.79. The molecule has 0 unspecified atom stereocenters. The zero-order chi connectivity index (χ0) is 29.8. The van der Waals surface area contributed by atoms with Crippen LogP contribution in [-0.4, -0.2) is 15.0 Å². The van der Waals surface area contributed by atoms with E-state index in [0.717, 1.165) is 63.0 Å². The molecule has 4 heterocycles. The summed E-state index contributed by atoms with van der Waals surface area (Å²) in [6, 6.07) is 37.5. The fourth-order valence-corrected chi connectivity index (χ4v) is 5.01. The van der Waals surface area contributed by atoms with Crippen LogP contribution in [-0.2, 0) is 32.9 Å². The van der Waals surface area contributed by atoms with Gasteiger partial charge in [0.2, 0.25) is 5.71 Å². The van der Waals surface area contributed by atoms with Gasteiger partial charge in [-0.15, -0.1) is 53.6 Å². The summed E-state index contributed by atoms with van der Waals surface area (Å²) in [4.78, 5) is 13.7. The number of benzene rings is 3. The molecule has 0 bridgehead atoms. The molecule has 0 N–H and O–H groups in total. The van der Waals surface area contributed by atoms with Crippen LogP contribution >= 0.6 is 0 Å². The Bertz CT molecular complexity index is 2010. The van der Waals surface area contributed by atoms with Gasteiger partial charge in [-0.2, -0.15) is 0 Å². The van der Waals surface area contributed by atoms with Gasteiger partial charge in [-0.3, -0.25) is 0 Å². The van der Waals surface area contributed by atoms with Crippen molar-refractivity contribution in [1.29, 1.82) is 0 Å². The molecule has 221 valence electrons. The molecular weight excluding hydrogens is 719 g/mol. The minimum atomic E-state index is 0. The zero-order valence-electron chi connectivity index (χ0n) is 25.3. The Morgan fingerprint density at radius 3 is 2.30 bits per heavy atom. The monoisotopic (exact) mass is 752 g/mol. The van der Waals surface area contributed by atoms with E-state index in [1.807, 2.05) is 42.7 Å². The predicted octanol–water partition coefficient (Wildman–Crippen LogP) is 9.41. The third-order valence-corrected chi connectivity index (χ3v) is 7.66. The standard InChI is InChI=1S/C25H19N2O.C14H14N.Ir/c1-17-14-15-26-23(16-17)22-9-5-8-20-21-13-12-19(27-25(21)28-24(20)22)11-10-18-6-3-2-4-7-18;1-10-4-6-13(7-5-10)14-8-11(2)12(3)9-15-14;/h2-8,12-16H,10-11H2,1H3;4-6,8-9H,1-3H3;/q2*-1;. The van der Waals surface area contributed by atoms with E-state index in [1.165, 1.54) is 22.3 Å². The van der Waals surface area contributed by atoms with Crippen LogP contribution in [0.1, 0.15) is 33.5 Å². The molecule has 7 rings (SSSR count). The SMILES string of the molecule is Cc1c[c-]c(-c2cc(C)c(C)cn2)cc1.Cc1ccnc(-c2[c-]ccc3c2oc2nc(CCc4ccccc4)ccc23)c1.[Ir]. The molecule has 0 saturated carbocycles. The maximum Gasteiger partial charge on any atom is 0.216 e. The molecule has 0 aliphatic heterocycles. The Morgan fingerprint density at radius 2 is 1.55 bits per heavy atom. The van der Waals surface area contributed by atoms with Crippen molar-refractivity contribution >= 4 is 22.1 Å². The van der Waals surface area contributed by atoms with Crippen molar-refractivity contribution in [3.63, 3.8) is 0 Å². The average molecular weight is 752 g/mol. The van der Waals surface area contributed by atoms with Gasteiger partial charge >= 0.3 is 0 Å². The number of hydrogen-bond acceptors (Lipinski definition) is 4. The smallest absolute Gasteiger partial charge is 0.216 e. The number of aryl methyl sites for hydroxylation is 6. The predicted molar refractivity (Wildman–Crippen MR) is 175 cm³/mol. The maximum atomic E-state index is 6.19. The summed E-state index contributed by atoms with van der Waals surface area (Å²) < 4.78 is 6.19. The van der Waals surface area contributed by atoms with Crippen LogP contribution in [0.3, 0.4) is 0 Å². The van der Waals surface area contributed by atoms with E-state index < -0.39 is 0 Å². The maximum absolute atomic E-state index is 6.19. The number of rotatable bonds is 5. The summed E-state index contributed by atoms with van der Waals surface area (Å²) in [7, 11) is 0. The van der Waals surface area contributed by atoms with E-state index in [4.69, 9.17) is 9.40 Å². The molecule has 4 aromatic heterocycles. The van der Waals surface area contributed by atoms with Crippen LogP contribution in [0.2, 0.25) is 0 Å². The molecule has 1 radical (unpaired) electrons. The summed E-state index contributed by atoms with van der Waals surface area (Å²) in [6.07, 6.45) is 5.58. The van der Waals surface area contributed by atoms with E-state index in [-0.39, 0.29) is 20.1 Å². The van der Waals surface area contributed by atoms with Gasteiger partial charge in [0, 0.05) is 43.6 Å². The van der Waals surface area contributed by atoms with Crippen molar-refractivity contribution in [2.24, 2.45) is 0 Å². The summed E-state index contributed by atoms with van der Waals surface area (Å²) in [5, 5.41) is 2.08. The Morgan fingerprint density at radius 1 is 0.705 bits per heavy atom. The van der Waals surface area contributed by atoms with Gasteiger partial charge in [0.15, 0.2) is 0 Å². The van der Waals surface area contributed by atoms with Crippen LogP contribution in [0.25, 0.3) is 44.6 Å². The van der Waals surface area contributed by atoms with E-state index in [2.05, 4.69) is 110 Å². The second kappa shape index (κ2) is 13.9. The molecule has 0 spiro atoms. The van der Waals surface area contributed by atoms with Crippen LogP contribution in [0.5, 0.6) is 0 Å². The minimum absolute atomic E-state index is 0. The third-order valence-electron chi connectivity index (χ3n) is 7.66. The first-order chi connectivity index (χ1) is 20.9. The van der Waals surface area contributed by atoms with Crippen LogP contribution in [0, 0.1) is 39.8 Å². The molecule has 0 saturated heterocycles. The third kappa shape index (κ3) is 7.02. The van der Waals surface area contributed by atoms with E-state index in [1.54, 1.807) is 0 Å². The minimum Gasteiger partial charge on any atom is -0.486 e. The fourth-order valence-electron chi connectivity index (χ4n) is 5.01. The Hall–Kier alpha value is -4.44. The molecule has 44 heavy (non-hydrogen) atoms. The van der Waals surface area contributed by atoms with Crippen molar-refractivity contribution in [3.05, 3.63) is 149 Å². The Balaban J connectivity index is 0.000000204. The van der Waals surface area contributed by atoms with E-state index >= 15 is 0 Å². The fraction of sp³-hybridized carbons (Fsp3) is 0.154. The first kappa shape index (κ1) is 31.0. The van der Waals surface area contributed by atoms with Crippen LogP contribution in [0.4, 0.5) is 0 Å². The molecule has 0 amide bonds. The summed E-state index contributed by atoms with van der Waals surface area (Å²) in [6.45, 7) is 8.30. The van der Waals surface area contributed by atoms with Crippen molar-refractivity contribution < 1.29 is 24.5 Å². The van der Waals surface area contributed by atoms with Gasteiger partial charge in [-0.25, -0.2) is 4.98 Å². The molecule has 7 aromatic rings. The van der Waals surface area contributed by atoms with Crippen molar-refractivity contribution in [2.75, 3.05) is 0 Å². The average Bonchev–Trinajstić information content (AvgIpc) is 3.41. The van der Waals surface area contributed by atoms with Gasteiger partial charge < -0.3 is 14.4 Å². The summed E-state index contributed by atoms with van der Waals surface area (Å²) in [5.41, 5.74) is 12.5. The molecule has 0 atom stereocenters. The largest absolute Gasteiger partial charge is 0.486 e. The van der Waals surface area contributed by atoms with Gasteiger partial charge in [0.05, 0.1) is 5.58 Å². The molecule has 3 aromatic carbocycles. The number of hydrogen-bond donors (Lipinski definition) is 0. The van der Waals surface area contributed by atoms with Gasteiger partial charge in [0.1, 0.15) is 0 Å². The molecule has 0 aliphatic rings. The number of aromatic nitrogens is 3. The molecule has 4 nitrogen and oxygen atoms in total. The Labute approximate surface area is 272 Å². The second-order valence-corrected chi connectivity index (χ2v) is 11.0. The quantitative estimate of drug-likeness (QED) is 0.165. The van der Waals surface area contributed by atoms with Crippen LogP contribution in [0.15, 0.2) is 108 Å². The van der Waals surface area contributed by atoms with E-state index in [0.29, 0.717) is 5.71 Å². The van der Waals surface area contributed by atoms with Gasteiger partial charge in [0.25, 0.3) is 0 Å². The zero-order valence-corrected chi connectivity index (χ0v) is 27.7. The number of furan rings is 1. The number of fused-ring (bicyclic) bond motifs is 3. The summed E-state index contributed by atoms with van der Waals surface area (Å²) >= 11 is 0. The molecule has 0 fully saturated rings. The number of pyridine rings is 3. The normalized spacial score (nSPS) is 10.7. The van der Waals surface area contributed by atoms with E-state index in [9.17, 15) is 0 Å². The van der Waals surface area contributed by atoms with Crippen molar-refractivity contribution in [2.45, 2.75) is 40.5 Å². The van der Waals surface area contributed by atoms with Crippen molar-refractivity contribution in [1.82, 2.24) is 15.0 Å². The molecule has 0 aliphatic carbocycles. The topological polar surface area (TPSA) is 51.8 Å². The first-order valence-electron chi connectivity index (χ1n) is 14.6. The molecular formula is C39H33IrN3O-2. The van der Waals surface area contributed by atoms with Gasteiger partial charge in [-0.05, 0) is 74.3 Å². The van der Waals surface area contributed by atoms with Crippen molar-refractivity contribution in [3.8, 4) is 22.5 Å². The molecule has 5 heteroatoms.